The van der Waals surface area contributed by atoms with Crippen molar-refractivity contribution in [1.82, 2.24) is 10.3 Å². The van der Waals surface area contributed by atoms with E-state index in [0.717, 1.165) is 5.56 Å². The lowest BCUT2D eigenvalue weighted by Gasteiger charge is -2.16. The molecule has 5 nitrogen and oxygen atoms in total. The Morgan fingerprint density at radius 1 is 1.24 bits per heavy atom. The zero-order valence-electron chi connectivity index (χ0n) is 11.7. The first kappa shape index (κ1) is 15.2. The molecule has 1 amide bonds. The van der Waals surface area contributed by atoms with Crippen LogP contribution < -0.4 is 5.32 Å². The van der Waals surface area contributed by atoms with Gasteiger partial charge in [0.25, 0.3) is 0 Å². The number of nitrogens with zero attached hydrogens (tertiary/aromatic N) is 1. The summed E-state index contributed by atoms with van der Waals surface area (Å²) >= 11 is 1.23. The first-order valence-corrected chi connectivity index (χ1v) is 7.41. The number of hydrogen-bond acceptors (Lipinski definition) is 4. The van der Waals surface area contributed by atoms with Gasteiger partial charge in [0.1, 0.15) is 5.01 Å². The summed E-state index contributed by atoms with van der Waals surface area (Å²) in [6.07, 6.45) is 0. The van der Waals surface area contributed by atoms with E-state index in [4.69, 9.17) is 5.11 Å². The predicted octanol–water partition coefficient (Wildman–Crippen LogP) is 2.82. The zero-order valence-corrected chi connectivity index (χ0v) is 12.6. The molecule has 0 bridgehead atoms. The van der Waals surface area contributed by atoms with Gasteiger partial charge in [0.2, 0.25) is 5.91 Å². The number of carboxylic acids is 1. The number of thiazole rings is 1. The molecule has 2 rings (SSSR count). The second-order valence-electron chi connectivity index (χ2n) is 4.74. The van der Waals surface area contributed by atoms with Crippen LogP contribution in [-0.4, -0.2) is 22.0 Å². The molecule has 6 heteroatoms. The van der Waals surface area contributed by atoms with Crippen molar-refractivity contribution in [3.8, 4) is 0 Å². The third-order valence-corrected chi connectivity index (χ3v) is 4.19. The van der Waals surface area contributed by atoms with Gasteiger partial charge >= 0.3 is 5.97 Å². The van der Waals surface area contributed by atoms with E-state index in [2.05, 4.69) is 10.3 Å². The first-order chi connectivity index (χ1) is 9.99. The van der Waals surface area contributed by atoms with Crippen molar-refractivity contribution in [2.75, 3.05) is 0 Å². The third-order valence-electron chi connectivity index (χ3n) is 3.16. The van der Waals surface area contributed by atoms with Crippen LogP contribution in [-0.2, 0) is 4.79 Å². The van der Waals surface area contributed by atoms with Gasteiger partial charge in [-0.1, -0.05) is 30.3 Å². The molecule has 2 unspecified atom stereocenters. The maximum Gasteiger partial charge on any atom is 0.355 e. The number of rotatable bonds is 5. The fourth-order valence-corrected chi connectivity index (χ4v) is 2.68. The second-order valence-corrected chi connectivity index (χ2v) is 5.63. The van der Waals surface area contributed by atoms with E-state index >= 15 is 0 Å². The van der Waals surface area contributed by atoms with Crippen LogP contribution in [0.15, 0.2) is 35.7 Å². The summed E-state index contributed by atoms with van der Waals surface area (Å²) in [5.74, 6) is -1.44. The quantitative estimate of drug-likeness (QED) is 0.890. The van der Waals surface area contributed by atoms with E-state index in [1.165, 1.54) is 16.7 Å². The second kappa shape index (κ2) is 6.49. The standard InChI is InChI=1S/C15H16N2O3S/c1-9(11-6-4-3-5-7-11)13(18)16-10(2)14-17-12(8-21-14)15(19)20/h3-10H,1-2H3,(H,16,18)(H,19,20). The van der Waals surface area contributed by atoms with E-state index in [9.17, 15) is 9.59 Å². The molecule has 0 fully saturated rings. The molecule has 0 spiro atoms. The number of aromatic carboxylic acids is 1. The topological polar surface area (TPSA) is 79.3 Å². The SMILES string of the molecule is CC(NC(=O)C(C)c1ccccc1)c1nc(C(=O)O)cs1. The number of benzene rings is 1. The molecule has 0 aliphatic rings. The molecule has 0 aliphatic heterocycles. The van der Waals surface area contributed by atoms with Gasteiger partial charge in [-0.05, 0) is 19.4 Å². The van der Waals surface area contributed by atoms with Gasteiger partial charge in [0, 0.05) is 5.38 Å². The minimum atomic E-state index is -1.06. The molecule has 0 aliphatic carbocycles. The Morgan fingerprint density at radius 3 is 2.48 bits per heavy atom. The van der Waals surface area contributed by atoms with Crippen LogP contribution in [0.5, 0.6) is 0 Å². The van der Waals surface area contributed by atoms with Crippen LogP contribution >= 0.6 is 11.3 Å². The fourth-order valence-electron chi connectivity index (χ4n) is 1.88. The van der Waals surface area contributed by atoms with Crippen molar-refractivity contribution in [3.63, 3.8) is 0 Å². The highest BCUT2D eigenvalue weighted by Crippen LogP contribution is 2.20. The minimum Gasteiger partial charge on any atom is -0.476 e. The number of carbonyl (C=O) groups is 2. The summed E-state index contributed by atoms with van der Waals surface area (Å²) in [5.41, 5.74) is 0.944. The summed E-state index contributed by atoms with van der Waals surface area (Å²) in [4.78, 5) is 27.0. The van der Waals surface area contributed by atoms with Crippen molar-refractivity contribution in [1.29, 1.82) is 0 Å². The number of hydrogen-bond donors (Lipinski definition) is 2. The molecule has 21 heavy (non-hydrogen) atoms. The number of amides is 1. The average molecular weight is 304 g/mol. The third kappa shape index (κ3) is 3.66. The molecule has 0 radical (unpaired) electrons. The monoisotopic (exact) mass is 304 g/mol. The highest BCUT2D eigenvalue weighted by atomic mass is 32.1. The Labute approximate surface area is 126 Å². The van der Waals surface area contributed by atoms with Crippen LogP contribution in [0.3, 0.4) is 0 Å². The molecule has 1 aromatic heterocycles. The Kier molecular flexibility index (Phi) is 4.70. The Bertz CT molecular complexity index is 639. The zero-order chi connectivity index (χ0) is 15.4. The van der Waals surface area contributed by atoms with E-state index in [1.807, 2.05) is 37.3 Å². The molecule has 2 N–H and O–H groups in total. The van der Waals surface area contributed by atoms with Crippen LogP contribution in [0.4, 0.5) is 0 Å². The normalized spacial score (nSPS) is 13.4. The average Bonchev–Trinajstić information content (AvgIpc) is 2.97. The maximum absolute atomic E-state index is 12.2. The fraction of sp³-hybridized carbons (Fsp3) is 0.267. The van der Waals surface area contributed by atoms with Crippen LogP contribution in [0.2, 0.25) is 0 Å². The van der Waals surface area contributed by atoms with Crippen molar-refractivity contribution in [2.45, 2.75) is 25.8 Å². The summed E-state index contributed by atoms with van der Waals surface area (Å²) in [5, 5.41) is 13.8. The molecule has 0 saturated heterocycles. The van der Waals surface area contributed by atoms with Crippen molar-refractivity contribution >= 4 is 23.2 Å². The lowest BCUT2D eigenvalue weighted by Crippen LogP contribution is -2.30. The molecule has 1 aromatic carbocycles. The number of carbonyl (C=O) groups excluding carboxylic acids is 1. The van der Waals surface area contributed by atoms with Gasteiger partial charge < -0.3 is 10.4 Å². The van der Waals surface area contributed by atoms with Crippen molar-refractivity contribution in [3.05, 3.63) is 52.0 Å². The summed E-state index contributed by atoms with van der Waals surface area (Å²) in [6.45, 7) is 3.63. The molecular formula is C15H16N2O3S. The Hall–Kier alpha value is -2.21. The van der Waals surface area contributed by atoms with Crippen molar-refractivity contribution in [2.24, 2.45) is 0 Å². The van der Waals surface area contributed by atoms with Gasteiger partial charge in [-0.25, -0.2) is 9.78 Å². The highest BCUT2D eigenvalue weighted by molar-refractivity contribution is 7.09. The molecular weight excluding hydrogens is 288 g/mol. The minimum absolute atomic E-state index is 0.00667. The van der Waals surface area contributed by atoms with Crippen LogP contribution in [0.1, 0.15) is 46.9 Å². The lowest BCUT2D eigenvalue weighted by molar-refractivity contribution is -0.122. The van der Waals surface area contributed by atoms with Gasteiger partial charge in [-0.15, -0.1) is 11.3 Å². The van der Waals surface area contributed by atoms with Crippen molar-refractivity contribution < 1.29 is 14.7 Å². The molecule has 110 valence electrons. The van der Waals surface area contributed by atoms with Crippen LogP contribution in [0, 0.1) is 0 Å². The van der Waals surface area contributed by atoms with Gasteiger partial charge in [0.05, 0.1) is 12.0 Å². The van der Waals surface area contributed by atoms with E-state index in [-0.39, 0.29) is 23.6 Å². The Morgan fingerprint density at radius 2 is 1.90 bits per heavy atom. The Balaban J connectivity index is 2.03. The molecule has 1 heterocycles. The first-order valence-electron chi connectivity index (χ1n) is 6.53. The number of nitrogens with one attached hydrogen (secondary N) is 1. The van der Waals surface area contributed by atoms with E-state index in [0.29, 0.717) is 5.01 Å². The predicted molar refractivity (Wildman–Crippen MR) is 80.5 cm³/mol. The van der Waals surface area contributed by atoms with Gasteiger partial charge in [-0.3, -0.25) is 4.79 Å². The number of aromatic nitrogens is 1. The van der Waals surface area contributed by atoms with Gasteiger partial charge in [-0.2, -0.15) is 0 Å². The van der Waals surface area contributed by atoms with Crippen LogP contribution in [0.25, 0.3) is 0 Å². The molecule has 0 saturated carbocycles. The number of carboxylic acid groups (broad SMARTS) is 1. The largest absolute Gasteiger partial charge is 0.476 e. The lowest BCUT2D eigenvalue weighted by atomic mass is 10.0. The summed E-state index contributed by atoms with van der Waals surface area (Å²) < 4.78 is 0. The summed E-state index contributed by atoms with van der Waals surface area (Å²) in [6, 6.07) is 9.17. The molecule has 2 aromatic rings. The molecule has 2 atom stereocenters. The van der Waals surface area contributed by atoms with Gasteiger partial charge in [0.15, 0.2) is 5.69 Å². The summed E-state index contributed by atoms with van der Waals surface area (Å²) in [7, 11) is 0. The van der Waals surface area contributed by atoms with E-state index in [1.54, 1.807) is 6.92 Å². The smallest absolute Gasteiger partial charge is 0.355 e. The maximum atomic E-state index is 12.2. The van der Waals surface area contributed by atoms with E-state index < -0.39 is 5.97 Å². The highest BCUT2D eigenvalue weighted by Gasteiger charge is 2.20.